The van der Waals surface area contributed by atoms with Gasteiger partial charge in [-0.1, -0.05) is 0 Å². The SMILES string of the molecule is CC(=O)Nc1c(C)c(C(F)(F)F)nn1C. The first kappa shape index (κ1) is 11.5. The van der Waals surface area contributed by atoms with E-state index in [2.05, 4.69) is 10.4 Å². The lowest BCUT2D eigenvalue weighted by Gasteiger charge is -2.04. The van der Waals surface area contributed by atoms with Crippen molar-refractivity contribution in [1.29, 1.82) is 0 Å². The molecule has 0 spiro atoms. The molecular weight excluding hydrogens is 211 g/mol. The van der Waals surface area contributed by atoms with Crippen molar-refractivity contribution in [3.05, 3.63) is 11.3 Å². The monoisotopic (exact) mass is 221 g/mol. The molecule has 0 aliphatic carbocycles. The van der Waals surface area contributed by atoms with Gasteiger partial charge in [0.15, 0.2) is 5.69 Å². The summed E-state index contributed by atoms with van der Waals surface area (Å²) in [7, 11) is 1.34. The second-order valence-electron chi connectivity index (χ2n) is 3.12. The molecule has 0 aromatic carbocycles. The molecule has 0 bridgehead atoms. The summed E-state index contributed by atoms with van der Waals surface area (Å²) in [6, 6.07) is 0. The Hall–Kier alpha value is -1.53. The molecule has 0 saturated heterocycles. The highest BCUT2D eigenvalue weighted by Gasteiger charge is 2.37. The Kier molecular flexibility index (Phi) is 2.74. The van der Waals surface area contributed by atoms with Gasteiger partial charge in [-0.3, -0.25) is 9.48 Å². The van der Waals surface area contributed by atoms with Crippen LogP contribution in [0.1, 0.15) is 18.2 Å². The predicted octanol–water partition coefficient (Wildman–Crippen LogP) is 1.71. The average molecular weight is 221 g/mol. The van der Waals surface area contributed by atoms with Crippen LogP contribution in [-0.4, -0.2) is 15.7 Å². The van der Waals surface area contributed by atoms with E-state index in [0.717, 1.165) is 4.68 Å². The van der Waals surface area contributed by atoms with Gasteiger partial charge < -0.3 is 5.32 Å². The Balaban J connectivity index is 3.21. The van der Waals surface area contributed by atoms with Crippen molar-refractivity contribution in [3.8, 4) is 0 Å². The largest absolute Gasteiger partial charge is 0.435 e. The number of rotatable bonds is 1. The standard InChI is InChI=1S/C8H10F3N3O/c1-4-6(8(9,10)11)13-14(3)7(4)12-5(2)15/h1-3H3,(H,12,15). The topological polar surface area (TPSA) is 46.9 Å². The molecule has 1 N–H and O–H groups in total. The molecule has 1 amide bonds. The van der Waals surface area contributed by atoms with E-state index in [1.807, 2.05) is 0 Å². The Bertz CT molecular complexity index is 395. The molecule has 15 heavy (non-hydrogen) atoms. The van der Waals surface area contributed by atoms with Crippen LogP contribution in [0.3, 0.4) is 0 Å². The molecule has 0 radical (unpaired) electrons. The molecule has 0 unspecified atom stereocenters. The predicted molar refractivity (Wildman–Crippen MR) is 47.3 cm³/mol. The first-order valence-electron chi connectivity index (χ1n) is 4.12. The minimum atomic E-state index is -4.50. The van der Waals surface area contributed by atoms with Gasteiger partial charge in [0.05, 0.1) is 0 Å². The van der Waals surface area contributed by atoms with Crippen LogP contribution in [0.15, 0.2) is 0 Å². The fourth-order valence-corrected chi connectivity index (χ4v) is 1.24. The third kappa shape index (κ3) is 2.28. The van der Waals surface area contributed by atoms with Gasteiger partial charge in [-0.05, 0) is 6.92 Å². The number of nitrogens with one attached hydrogen (secondary N) is 1. The third-order valence-corrected chi connectivity index (χ3v) is 1.85. The number of nitrogens with zero attached hydrogens (tertiary/aromatic N) is 2. The lowest BCUT2D eigenvalue weighted by molar-refractivity contribution is -0.141. The second-order valence-corrected chi connectivity index (χ2v) is 3.12. The lowest BCUT2D eigenvalue weighted by Crippen LogP contribution is -2.10. The zero-order valence-corrected chi connectivity index (χ0v) is 8.44. The summed E-state index contributed by atoms with van der Waals surface area (Å²) >= 11 is 0. The van der Waals surface area contributed by atoms with Gasteiger partial charge in [-0.15, -0.1) is 0 Å². The second kappa shape index (κ2) is 3.56. The smallest absolute Gasteiger partial charge is 0.311 e. The van der Waals surface area contributed by atoms with Crippen molar-refractivity contribution in [3.63, 3.8) is 0 Å². The Morgan fingerprint density at radius 3 is 2.33 bits per heavy atom. The number of hydrogen-bond acceptors (Lipinski definition) is 2. The molecule has 4 nitrogen and oxygen atoms in total. The van der Waals surface area contributed by atoms with Crippen LogP contribution in [0, 0.1) is 6.92 Å². The van der Waals surface area contributed by atoms with Gasteiger partial charge in [-0.25, -0.2) is 0 Å². The number of carbonyl (C=O) groups excluding carboxylic acids is 1. The summed E-state index contributed by atoms with van der Waals surface area (Å²) in [5.41, 5.74) is -1.06. The van der Waals surface area contributed by atoms with E-state index in [-0.39, 0.29) is 11.4 Å². The summed E-state index contributed by atoms with van der Waals surface area (Å²) in [6.45, 7) is 2.49. The fourth-order valence-electron chi connectivity index (χ4n) is 1.24. The molecule has 1 rings (SSSR count). The van der Waals surface area contributed by atoms with Crippen LogP contribution in [0.5, 0.6) is 0 Å². The fraction of sp³-hybridized carbons (Fsp3) is 0.500. The number of anilines is 1. The molecule has 1 aromatic rings. The number of hydrogen-bond donors (Lipinski definition) is 1. The van der Waals surface area contributed by atoms with Crippen molar-refractivity contribution >= 4 is 11.7 Å². The normalized spacial score (nSPS) is 11.6. The van der Waals surface area contributed by atoms with Crippen LogP contribution in [-0.2, 0) is 18.0 Å². The van der Waals surface area contributed by atoms with Gasteiger partial charge in [0.1, 0.15) is 5.82 Å². The number of aryl methyl sites for hydroxylation is 1. The minimum Gasteiger partial charge on any atom is -0.311 e. The Labute approximate surface area is 84.1 Å². The molecule has 0 fully saturated rings. The van der Waals surface area contributed by atoms with Crippen LogP contribution < -0.4 is 5.32 Å². The van der Waals surface area contributed by atoms with Crippen molar-refractivity contribution < 1.29 is 18.0 Å². The van der Waals surface area contributed by atoms with E-state index in [9.17, 15) is 18.0 Å². The number of alkyl halides is 3. The van der Waals surface area contributed by atoms with Gasteiger partial charge >= 0.3 is 6.18 Å². The van der Waals surface area contributed by atoms with E-state index >= 15 is 0 Å². The van der Waals surface area contributed by atoms with E-state index in [4.69, 9.17) is 0 Å². The van der Waals surface area contributed by atoms with Crippen molar-refractivity contribution in [1.82, 2.24) is 9.78 Å². The van der Waals surface area contributed by atoms with Crippen LogP contribution >= 0.6 is 0 Å². The maximum absolute atomic E-state index is 12.4. The Morgan fingerprint density at radius 2 is 2.00 bits per heavy atom. The summed E-state index contributed by atoms with van der Waals surface area (Å²) < 4.78 is 38.2. The molecule has 0 aliphatic rings. The molecule has 1 heterocycles. The molecule has 84 valence electrons. The maximum atomic E-state index is 12.4. The molecule has 0 saturated carbocycles. The molecule has 7 heteroatoms. The maximum Gasteiger partial charge on any atom is 0.435 e. The van der Waals surface area contributed by atoms with Crippen LogP contribution in [0.4, 0.5) is 19.0 Å². The first-order chi connectivity index (χ1) is 6.73. The van der Waals surface area contributed by atoms with Gasteiger partial charge in [-0.2, -0.15) is 18.3 Å². The molecule has 0 atom stereocenters. The Morgan fingerprint density at radius 1 is 1.47 bits per heavy atom. The molecular formula is C8H10F3N3O. The van der Waals surface area contributed by atoms with Gasteiger partial charge in [0.2, 0.25) is 5.91 Å². The minimum absolute atomic E-state index is 0.0647. The van der Waals surface area contributed by atoms with Crippen LogP contribution in [0.25, 0.3) is 0 Å². The van der Waals surface area contributed by atoms with E-state index < -0.39 is 17.8 Å². The lowest BCUT2D eigenvalue weighted by atomic mass is 10.2. The van der Waals surface area contributed by atoms with Crippen molar-refractivity contribution in [2.24, 2.45) is 7.05 Å². The van der Waals surface area contributed by atoms with E-state index in [1.54, 1.807) is 0 Å². The number of amides is 1. The van der Waals surface area contributed by atoms with E-state index in [0.29, 0.717) is 0 Å². The number of aromatic nitrogens is 2. The average Bonchev–Trinajstić information content (AvgIpc) is 2.30. The zero-order chi connectivity index (χ0) is 11.8. The highest BCUT2D eigenvalue weighted by Crippen LogP contribution is 2.33. The molecule has 1 aromatic heterocycles. The summed E-state index contributed by atoms with van der Waals surface area (Å²) in [4.78, 5) is 10.7. The zero-order valence-electron chi connectivity index (χ0n) is 8.44. The van der Waals surface area contributed by atoms with Crippen molar-refractivity contribution in [2.45, 2.75) is 20.0 Å². The van der Waals surface area contributed by atoms with Crippen LogP contribution in [0.2, 0.25) is 0 Å². The summed E-state index contributed by atoms with van der Waals surface area (Å²) in [5.74, 6) is -0.371. The van der Waals surface area contributed by atoms with E-state index in [1.165, 1.54) is 20.9 Å². The molecule has 0 aliphatic heterocycles. The van der Waals surface area contributed by atoms with Gasteiger partial charge in [0.25, 0.3) is 0 Å². The first-order valence-corrected chi connectivity index (χ1v) is 4.12. The highest BCUT2D eigenvalue weighted by atomic mass is 19.4. The third-order valence-electron chi connectivity index (χ3n) is 1.85. The summed E-state index contributed by atoms with van der Waals surface area (Å²) in [6.07, 6.45) is -4.50. The number of carbonyl (C=O) groups is 1. The van der Waals surface area contributed by atoms with Crippen molar-refractivity contribution in [2.75, 3.05) is 5.32 Å². The number of halogens is 3. The quantitative estimate of drug-likeness (QED) is 0.784. The highest BCUT2D eigenvalue weighted by molar-refractivity contribution is 5.88. The summed E-state index contributed by atoms with van der Waals surface area (Å²) in [5, 5.41) is 5.61. The van der Waals surface area contributed by atoms with Gasteiger partial charge in [0, 0.05) is 19.5 Å².